The summed E-state index contributed by atoms with van der Waals surface area (Å²) in [5.41, 5.74) is 5.58. The highest BCUT2D eigenvalue weighted by atomic mass is 15.2. The Labute approximate surface area is 143 Å². The second-order valence-electron chi connectivity index (χ2n) is 6.83. The number of nitrogens with one attached hydrogen (secondary N) is 1. The van der Waals surface area contributed by atoms with Crippen molar-refractivity contribution in [1.29, 1.82) is 0 Å². The number of aryl methyl sites for hydroxylation is 1. The fourth-order valence-electron chi connectivity index (χ4n) is 3.91. The molecule has 0 aliphatic carbocycles. The topological polar surface area (TPSA) is 20.2 Å². The summed E-state index contributed by atoms with van der Waals surface area (Å²) < 4.78 is 2.21. The van der Waals surface area contributed by atoms with Crippen molar-refractivity contribution in [2.24, 2.45) is 7.05 Å². The van der Waals surface area contributed by atoms with Crippen LogP contribution >= 0.6 is 0 Å². The molecule has 0 amide bonds. The van der Waals surface area contributed by atoms with Gasteiger partial charge in [-0.1, -0.05) is 36.4 Å². The highest BCUT2D eigenvalue weighted by Gasteiger charge is 2.22. The predicted molar refractivity (Wildman–Crippen MR) is 102 cm³/mol. The monoisotopic (exact) mass is 319 g/mol. The molecule has 1 aromatic heterocycles. The molecule has 24 heavy (non-hydrogen) atoms. The van der Waals surface area contributed by atoms with Gasteiger partial charge in [-0.2, -0.15) is 0 Å². The first-order chi connectivity index (χ1) is 11.7. The van der Waals surface area contributed by atoms with Crippen LogP contribution in [0.1, 0.15) is 18.1 Å². The van der Waals surface area contributed by atoms with E-state index in [9.17, 15) is 0 Å². The summed E-state index contributed by atoms with van der Waals surface area (Å²) in [5.74, 6) is 0. The fraction of sp³-hybridized carbons (Fsp3) is 0.333. The normalized spacial score (nSPS) is 15.0. The molecule has 0 spiro atoms. The summed E-state index contributed by atoms with van der Waals surface area (Å²) >= 11 is 0. The van der Waals surface area contributed by atoms with Crippen LogP contribution in [0.5, 0.6) is 0 Å². The molecule has 124 valence electrons. The summed E-state index contributed by atoms with van der Waals surface area (Å²) in [5, 5.41) is 5.01. The van der Waals surface area contributed by atoms with E-state index in [1.165, 1.54) is 34.1 Å². The van der Waals surface area contributed by atoms with E-state index in [-0.39, 0.29) is 0 Å². The molecule has 0 bridgehead atoms. The molecule has 3 nitrogen and oxygen atoms in total. The lowest BCUT2D eigenvalue weighted by Crippen LogP contribution is -2.39. The van der Waals surface area contributed by atoms with Gasteiger partial charge in [0, 0.05) is 55.5 Å². The lowest BCUT2D eigenvalue weighted by Gasteiger charge is -2.27. The maximum Gasteiger partial charge on any atom is 0.0481 e. The van der Waals surface area contributed by atoms with Gasteiger partial charge in [-0.15, -0.1) is 0 Å². The van der Waals surface area contributed by atoms with Crippen molar-refractivity contribution in [3.63, 3.8) is 0 Å². The van der Waals surface area contributed by atoms with Crippen molar-refractivity contribution < 1.29 is 0 Å². The van der Waals surface area contributed by atoms with E-state index in [0.29, 0.717) is 6.04 Å². The molecule has 2 aromatic carbocycles. The van der Waals surface area contributed by atoms with E-state index < -0.39 is 0 Å². The average Bonchev–Trinajstić information content (AvgIpc) is 3.17. The third-order valence-electron chi connectivity index (χ3n) is 5.19. The molecule has 1 atom stereocenters. The van der Waals surface area contributed by atoms with Gasteiger partial charge in [0.1, 0.15) is 0 Å². The number of benzene rings is 2. The van der Waals surface area contributed by atoms with Crippen molar-refractivity contribution in [1.82, 2.24) is 9.88 Å². The van der Waals surface area contributed by atoms with Gasteiger partial charge in [0.25, 0.3) is 0 Å². The van der Waals surface area contributed by atoms with Crippen LogP contribution in [0.3, 0.4) is 0 Å². The Balaban J connectivity index is 1.41. The maximum absolute atomic E-state index is 3.66. The predicted octanol–water partition coefficient (Wildman–Crippen LogP) is 3.72. The average molecular weight is 319 g/mol. The molecule has 0 saturated heterocycles. The van der Waals surface area contributed by atoms with Gasteiger partial charge in [0.2, 0.25) is 0 Å². The molecule has 2 heterocycles. The molecule has 0 saturated carbocycles. The molecule has 1 aliphatic rings. The van der Waals surface area contributed by atoms with Crippen LogP contribution in [0.2, 0.25) is 0 Å². The Hall–Kier alpha value is -2.26. The van der Waals surface area contributed by atoms with Gasteiger partial charge in [-0.05, 0) is 36.6 Å². The van der Waals surface area contributed by atoms with Crippen molar-refractivity contribution in [2.45, 2.75) is 25.9 Å². The van der Waals surface area contributed by atoms with Crippen LogP contribution < -0.4 is 10.2 Å². The van der Waals surface area contributed by atoms with E-state index in [1.54, 1.807) is 0 Å². The largest absolute Gasteiger partial charge is 0.367 e. The van der Waals surface area contributed by atoms with Crippen LogP contribution in [-0.4, -0.2) is 23.7 Å². The smallest absolute Gasteiger partial charge is 0.0481 e. The summed E-state index contributed by atoms with van der Waals surface area (Å²) in [4.78, 5) is 2.53. The minimum absolute atomic E-state index is 0.503. The molecule has 0 radical (unpaired) electrons. The number of hydrogen-bond donors (Lipinski definition) is 1. The highest BCUT2D eigenvalue weighted by Crippen LogP contribution is 2.29. The SMILES string of the molecule is CC(CNCc1cn(C)c2ccccc12)N1CCc2ccccc21. The van der Waals surface area contributed by atoms with E-state index in [1.807, 2.05) is 0 Å². The fourth-order valence-corrected chi connectivity index (χ4v) is 3.91. The Morgan fingerprint density at radius 3 is 2.79 bits per heavy atom. The standard InChI is InChI=1S/C21H25N3/c1-16(24-12-11-17-7-3-5-9-20(17)24)13-22-14-18-15-23(2)21-10-6-4-8-19(18)21/h3-10,15-16,22H,11-14H2,1-2H3. The third-order valence-corrected chi connectivity index (χ3v) is 5.19. The minimum Gasteiger partial charge on any atom is -0.367 e. The van der Waals surface area contributed by atoms with Crippen LogP contribution in [-0.2, 0) is 20.0 Å². The van der Waals surface area contributed by atoms with Crippen LogP contribution in [0.15, 0.2) is 54.7 Å². The van der Waals surface area contributed by atoms with Crippen molar-refractivity contribution >= 4 is 16.6 Å². The molecule has 1 aliphatic heterocycles. The number of rotatable bonds is 5. The van der Waals surface area contributed by atoms with Crippen molar-refractivity contribution in [3.05, 3.63) is 65.9 Å². The van der Waals surface area contributed by atoms with E-state index >= 15 is 0 Å². The summed E-state index contributed by atoms with van der Waals surface area (Å²) in [6, 6.07) is 17.9. The molecule has 0 fully saturated rings. The first-order valence-corrected chi connectivity index (χ1v) is 8.82. The lowest BCUT2D eigenvalue weighted by atomic mass is 10.1. The van der Waals surface area contributed by atoms with Gasteiger partial charge in [-0.25, -0.2) is 0 Å². The van der Waals surface area contributed by atoms with Crippen LogP contribution in [0.25, 0.3) is 10.9 Å². The number of para-hydroxylation sites is 2. The van der Waals surface area contributed by atoms with Crippen LogP contribution in [0, 0.1) is 0 Å². The zero-order valence-corrected chi connectivity index (χ0v) is 14.5. The second kappa shape index (κ2) is 6.33. The number of hydrogen-bond acceptors (Lipinski definition) is 2. The lowest BCUT2D eigenvalue weighted by molar-refractivity contribution is 0.571. The zero-order valence-electron chi connectivity index (χ0n) is 14.5. The molecule has 4 rings (SSSR count). The summed E-state index contributed by atoms with van der Waals surface area (Å²) in [6.07, 6.45) is 3.41. The van der Waals surface area contributed by atoms with Gasteiger partial charge < -0.3 is 14.8 Å². The Morgan fingerprint density at radius 2 is 1.88 bits per heavy atom. The minimum atomic E-state index is 0.503. The zero-order chi connectivity index (χ0) is 16.5. The second-order valence-corrected chi connectivity index (χ2v) is 6.83. The molecular weight excluding hydrogens is 294 g/mol. The van der Waals surface area contributed by atoms with E-state index in [4.69, 9.17) is 0 Å². The Morgan fingerprint density at radius 1 is 1.08 bits per heavy atom. The van der Waals surface area contributed by atoms with Gasteiger partial charge in [-0.3, -0.25) is 0 Å². The van der Waals surface area contributed by atoms with E-state index in [2.05, 4.69) is 83.5 Å². The van der Waals surface area contributed by atoms with Gasteiger partial charge in [0.05, 0.1) is 0 Å². The summed E-state index contributed by atoms with van der Waals surface area (Å²) in [6.45, 7) is 5.37. The number of aromatic nitrogens is 1. The molecular formula is C21H25N3. The molecule has 3 aromatic rings. The molecule has 1 N–H and O–H groups in total. The van der Waals surface area contributed by atoms with Crippen molar-refractivity contribution in [2.75, 3.05) is 18.0 Å². The number of nitrogens with zero attached hydrogens (tertiary/aromatic N) is 2. The molecule has 3 heteroatoms. The molecule has 1 unspecified atom stereocenters. The Bertz CT molecular complexity index is 849. The van der Waals surface area contributed by atoms with Gasteiger partial charge in [0.15, 0.2) is 0 Å². The summed E-state index contributed by atoms with van der Waals surface area (Å²) in [7, 11) is 2.12. The van der Waals surface area contributed by atoms with Gasteiger partial charge >= 0.3 is 0 Å². The van der Waals surface area contributed by atoms with Crippen molar-refractivity contribution in [3.8, 4) is 0 Å². The maximum atomic E-state index is 3.66. The number of fused-ring (bicyclic) bond motifs is 2. The highest BCUT2D eigenvalue weighted by molar-refractivity contribution is 5.83. The van der Waals surface area contributed by atoms with Crippen LogP contribution in [0.4, 0.5) is 5.69 Å². The Kier molecular flexibility index (Phi) is 4.03. The first-order valence-electron chi connectivity index (χ1n) is 8.82. The third kappa shape index (κ3) is 2.69. The first kappa shape index (κ1) is 15.3. The number of anilines is 1. The quantitative estimate of drug-likeness (QED) is 0.773. The van der Waals surface area contributed by atoms with E-state index in [0.717, 1.165) is 19.6 Å².